The first kappa shape index (κ1) is 26.0. The molecule has 1 amide bonds. The van der Waals surface area contributed by atoms with Gasteiger partial charge in [0.25, 0.3) is 0 Å². The van der Waals surface area contributed by atoms with Crippen molar-refractivity contribution >= 4 is 29.1 Å². The summed E-state index contributed by atoms with van der Waals surface area (Å²) >= 11 is 12.6. The fourth-order valence-electron chi connectivity index (χ4n) is 5.94. The highest BCUT2D eigenvalue weighted by Gasteiger charge is 2.60. The third-order valence-electron chi connectivity index (χ3n) is 7.42. The molecule has 2 heterocycles. The quantitative estimate of drug-likeness (QED) is 0.568. The lowest BCUT2D eigenvalue weighted by Crippen LogP contribution is -2.49. The van der Waals surface area contributed by atoms with Crippen LogP contribution in [0.1, 0.15) is 57.1 Å². The van der Waals surface area contributed by atoms with Crippen LogP contribution in [0.5, 0.6) is 0 Å². The Balaban J connectivity index is 1.92. The van der Waals surface area contributed by atoms with Gasteiger partial charge in [-0.15, -0.1) is 0 Å². The number of halogens is 2. The number of benzene rings is 2. The van der Waals surface area contributed by atoms with E-state index in [9.17, 15) is 15.2 Å². The average Bonchev–Trinajstić information content (AvgIpc) is 3.41. The number of nitrogens with one attached hydrogen (secondary N) is 1. The molecule has 2 aliphatic heterocycles. The van der Waals surface area contributed by atoms with E-state index in [0.717, 1.165) is 24.0 Å². The first-order valence-corrected chi connectivity index (χ1v) is 13.0. The van der Waals surface area contributed by atoms with Crippen molar-refractivity contribution < 1.29 is 9.90 Å². The van der Waals surface area contributed by atoms with Crippen LogP contribution in [0.4, 0.5) is 0 Å². The van der Waals surface area contributed by atoms with Gasteiger partial charge < -0.3 is 15.3 Å². The van der Waals surface area contributed by atoms with Crippen molar-refractivity contribution in [3.63, 3.8) is 0 Å². The van der Waals surface area contributed by atoms with E-state index in [2.05, 4.69) is 32.2 Å². The standard InChI is InChI=1S/C28H33Cl2N3O2/c1-27(2,3)15-23-28(17-31,19-9-11-20(29)12-10-19)24(18-6-4-7-21(30)14-18)25(32-23)26(35)33-13-5-8-22(33)16-34/h4,6-7,9-12,14,22-25,32,34H,5,8,13,15-16H2,1-3H3/t22-,23-,24-,25+,28+/m0/s1. The van der Waals surface area contributed by atoms with Crippen molar-refractivity contribution in [3.05, 3.63) is 69.7 Å². The molecule has 2 N–H and O–H groups in total. The lowest BCUT2D eigenvalue weighted by atomic mass is 9.63. The van der Waals surface area contributed by atoms with Crippen LogP contribution in [0, 0.1) is 16.7 Å². The third-order valence-corrected chi connectivity index (χ3v) is 7.91. The van der Waals surface area contributed by atoms with Gasteiger partial charge in [0.15, 0.2) is 0 Å². The monoisotopic (exact) mass is 513 g/mol. The van der Waals surface area contributed by atoms with Gasteiger partial charge in [0.1, 0.15) is 5.41 Å². The van der Waals surface area contributed by atoms with Gasteiger partial charge in [-0.1, -0.05) is 68.2 Å². The number of rotatable bonds is 5. The van der Waals surface area contributed by atoms with E-state index in [4.69, 9.17) is 23.2 Å². The SMILES string of the molecule is CC(C)(C)C[C@@H]1N[C@@H](C(=O)N2CCC[C@H]2CO)[C@H](c2cccc(Cl)c2)[C@]1(C#N)c1ccc(Cl)cc1. The molecular weight excluding hydrogens is 481 g/mol. The van der Waals surface area contributed by atoms with Crippen molar-refractivity contribution in [1.29, 1.82) is 5.26 Å². The highest BCUT2D eigenvalue weighted by Crippen LogP contribution is 2.52. The molecule has 0 saturated carbocycles. The molecule has 5 atom stereocenters. The minimum absolute atomic E-state index is 0.0632. The van der Waals surface area contributed by atoms with E-state index in [-0.39, 0.29) is 30.0 Å². The summed E-state index contributed by atoms with van der Waals surface area (Å²) in [5.41, 5.74) is 0.546. The number of aliphatic hydroxyl groups excluding tert-OH is 1. The summed E-state index contributed by atoms with van der Waals surface area (Å²) in [5, 5.41) is 25.6. The molecule has 0 unspecified atom stereocenters. The summed E-state index contributed by atoms with van der Waals surface area (Å²) in [6.45, 7) is 6.97. The Bertz CT molecular complexity index is 1110. The number of carbonyl (C=O) groups excluding carboxylic acids is 1. The van der Waals surface area contributed by atoms with Gasteiger partial charge in [-0.25, -0.2) is 0 Å². The van der Waals surface area contributed by atoms with Crippen molar-refractivity contribution in [3.8, 4) is 6.07 Å². The van der Waals surface area contributed by atoms with Crippen LogP contribution < -0.4 is 5.32 Å². The number of amides is 1. The van der Waals surface area contributed by atoms with Gasteiger partial charge in [-0.3, -0.25) is 4.79 Å². The maximum atomic E-state index is 14.1. The second kappa shape index (κ2) is 10.1. The Hall–Kier alpha value is -2.10. The van der Waals surface area contributed by atoms with E-state index in [1.54, 1.807) is 23.1 Å². The largest absolute Gasteiger partial charge is 0.394 e. The molecule has 186 valence electrons. The zero-order valence-electron chi connectivity index (χ0n) is 20.5. The smallest absolute Gasteiger partial charge is 0.240 e. The van der Waals surface area contributed by atoms with Crippen molar-refractivity contribution in [1.82, 2.24) is 10.2 Å². The fourth-order valence-corrected chi connectivity index (χ4v) is 6.26. The van der Waals surface area contributed by atoms with Gasteiger partial charge in [0.05, 0.1) is 24.8 Å². The molecule has 2 saturated heterocycles. The molecule has 7 heteroatoms. The third kappa shape index (κ3) is 4.95. The number of hydrogen-bond donors (Lipinski definition) is 2. The molecule has 0 radical (unpaired) electrons. The van der Waals surface area contributed by atoms with E-state index in [1.165, 1.54) is 0 Å². The maximum absolute atomic E-state index is 14.1. The van der Waals surface area contributed by atoms with Gasteiger partial charge in [-0.2, -0.15) is 5.26 Å². The predicted octanol–water partition coefficient (Wildman–Crippen LogP) is 5.30. The van der Waals surface area contributed by atoms with E-state index >= 15 is 0 Å². The van der Waals surface area contributed by atoms with Crippen LogP contribution in [0.25, 0.3) is 0 Å². The minimum Gasteiger partial charge on any atom is -0.394 e. The van der Waals surface area contributed by atoms with Gasteiger partial charge in [0, 0.05) is 28.5 Å². The van der Waals surface area contributed by atoms with E-state index in [1.807, 2.05) is 30.3 Å². The second-order valence-corrected chi connectivity index (χ2v) is 11.9. The van der Waals surface area contributed by atoms with Gasteiger partial charge in [0.2, 0.25) is 5.91 Å². The Labute approximate surface area is 218 Å². The molecule has 2 aromatic carbocycles. The maximum Gasteiger partial charge on any atom is 0.240 e. The highest BCUT2D eigenvalue weighted by molar-refractivity contribution is 6.30. The Morgan fingerprint density at radius 1 is 1.20 bits per heavy atom. The summed E-state index contributed by atoms with van der Waals surface area (Å²) in [7, 11) is 0. The summed E-state index contributed by atoms with van der Waals surface area (Å²) < 4.78 is 0. The number of likely N-dealkylation sites (tertiary alicyclic amines) is 1. The zero-order chi connectivity index (χ0) is 25.4. The summed E-state index contributed by atoms with van der Waals surface area (Å²) in [6, 6.07) is 16.5. The number of nitriles is 1. The molecule has 2 aromatic rings. The molecule has 5 nitrogen and oxygen atoms in total. The first-order valence-electron chi connectivity index (χ1n) is 12.2. The number of carbonyl (C=O) groups is 1. The average molecular weight is 514 g/mol. The first-order chi connectivity index (χ1) is 16.6. The van der Waals surface area contributed by atoms with E-state index in [0.29, 0.717) is 23.0 Å². The van der Waals surface area contributed by atoms with Crippen LogP contribution in [0.15, 0.2) is 48.5 Å². The normalized spacial score (nSPS) is 28.8. The lowest BCUT2D eigenvalue weighted by Gasteiger charge is -2.37. The topological polar surface area (TPSA) is 76.4 Å². The molecule has 0 aliphatic carbocycles. The Morgan fingerprint density at radius 3 is 2.51 bits per heavy atom. The number of hydrogen-bond acceptors (Lipinski definition) is 4. The lowest BCUT2D eigenvalue weighted by molar-refractivity contribution is -0.135. The van der Waals surface area contributed by atoms with Crippen molar-refractivity contribution in [2.45, 2.75) is 69.5 Å². The minimum atomic E-state index is -1.03. The zero-order valence-corrected chi connectivity index (χ0v) is 22.0. The highest BCUT2D eigenvalue weighted by atomic mass is 35.5. The van der Waals surface area contributed by atoms with Crippen LogP contribution >= 0.6 is 23.2 Å². The van der Waals surface area contributed by atoms with Crippen molar-refractivity contribution in [2.75, 3.05) is 13.2 Å². The summed E-state index contributed by atoms with van der Waals surface area (Å²) in [5.74, 6) is -0.552. The molecule has 4 rings (SSSR count). The molecule has 0 aromatic heterocycles. The Morgan fingerprint density at radius 2 is 1.91 bits per heavy atom. The molecule has 2 fully saturated rings. The van der Waals surface area contributed by atoms with Gasteiger partial charge in [-0.05, 0) is 60.1 Å². The Kier molecular flexibility index (Phi) is 7.50. The molecule has 0 spiro atoms. The predicted molar refractivity (Wildman–Crippen MR) is 140 cm³/mol. The summed E-state index contributed by atoms with van der Waals surface area (Å²) in [4.78, 5) is 15.9. The van der Waals surface area contributed by atoms with Crippen LogP contribution in [0.2, 0.25) is 10.0 Å². The molecule has 2 aliphatic rings. The van der Waals surface area contributed by atoms with Crippen LogP contribution in [-0.2, 0) is 10.2 Å². The number of aliphatic hydroxyl groups is 1. The van der Waals surface area contributed by atoms with Gasteiger partial charge >= 0.3 is 0 Å². The van der Waals surface area contributed by atoms with Crippen LogP contribution in [-0.4, -0.2) is 47.2 Å². The van der Waals surface area contributed by atoms with Crippen molar-refractivity contribution in [2.24, 2.45) is 5.41 Å². The summed E-state index contributed by atoms with van der Waals surface area (Å²) in [6.07, 6.45) is 2.33. The van der Waals surface area contributed by atoms with Crippen LogP contribution in [0.3, 0.4) is 0 Å². The number of nitrogens with zero attached hydrogens (tertiary/aromatic N) is 2. The second-order valence-electron chi connectivity index (χ2n) is 11.0. The molecular formula is C28H33Cl2N3O2. The molecule has 0 bridgehead atoms. The fraction of sp³-hybridized carbons (Fsp3) is 0.500. The van der Waals surface area contributed by atoms with E-state index < -0.39 is 17.4 Å². The molecule has 35 heavy (non-hydrogen) atoms.